The first-order chi connectivity index (χ1) is 18.9. The Labute approximate surface area is 228 Å². The molecule has 0 bridgehead atoms. The van der Waals surface area contributed by atoms with E-state index in [9.17, 15) is 18.0 Å². The Morgan fingerprint density at radius 2 is 1.79 bits per heavy atom. The maximum absolute atomic E-state index is 13.3. The molecule has 0 radical (unpaired) electrons. The predicted molar refractivity (Wildman–Crippen MR) is 149 cm³/mol. The molecule has 1 saturated heterocycles. The van der Waals surface area contributed by atoms with Crippen LogP contribution in [-0.2, 0) is 19.6 Å². The van der Waals surface area contributed by atoms with Gasteiger partial charge in [0.1, 0.15) is 0 Å². The van der Waals surface area contributed by atoms with Gasteiger partial charge in [0.15, 0.2) is 6.29 Å². The van der Waals surface area contributed by atoms with Crippen LogP contribution in [-0.4, -0.2) is 62.5 Å². The van der Waals surface area contributed by atoms with Crippen molar-refractivity contribution in [2.24, 2.45) is 22.2 Å². The number of H-pyrrole nitrogens is 1. The maximum Gasteiger partial charge on any atom is 0.282 e. The number of morpholine rings is 1. The molecule has 2 aliphatic carbocycles. The van der Waals surface area contributed by atoms with E-state index in [0.29, 0.717) is 47.8 Å². The summed E-state index contributed by atoms with van der Waals surface area (Å²) in [6.07, 6.45) is 7.67. The number of carbonyl (C=O) groups excluding carboxylic acids is 2. The lowest BCUT2D eigenvalue weighted by Crippen LogP contribution is -2.52. The van der Waals surface area contributed by atoms with Crippen LogP contribution in [0, 0.1) is 17.8 Å². The highest BCUT2D eigenvalue weighted by atomic mass is 32.2. The third-order valence-electron chi connectivity index (χ3n) is 8.43. The number of ether oxygens (including phenoxy) is 1. The molecule has 0 unspecified atom stereocenters. The van der Waals surface area contributed by atoms with Crippen molar-refractivity contribution in [1.82, 2.24) is 9.88 Å². The molecular weight excluding hydrogens is 514 g/mol. The van der Waals surface area contributed by atoms with Crippen molar-refractivity contribution in [3.8, 4) is 11.3 Å². The lowest BCUT2D eigenvalue weighted by Gasteiger charge is -2.39. The lowest BCUT2D eigenvalue weighted by molar-refractivity contribution is -0.146. The van der Waals surface area contributed by atoms with Crippen LogP contribution in [0.5, 0.6) is 0 Å². The topological polar surface area (TPSA) is 109 Å². The summed E-state index contributed by atoms with van der Waals surface area (Å²) in [5, 5.41) is 0.666. The highest BCUT2D eigenvalue weighted by Gasteiger charge is 2.41. The molecule has 2 saturated carbocycles. The molecule has 1 aliphatic heterocycles. The fourth-order valence-corrected chi connectivity index (χ4v) is 7.02. The highest BCUT2D eigenvalue weighted by Crippen LogP contribution is 2.38. The number of hydrogen-bond acceptors (Lipinski definition) is 5. The molecule has 1 aromatic heterocycles. The fourth-order valence-electron chi connectivity index (χ4n) is 6.06. The monoisotopic (exact) mass is 547 g/mol. The molecule has 2 heterocycles. The number of sulfonamides is 1. The summed E-state index contributed by atoms with van der Waals surface area (Å²) < 4.78 is 35.8. The zero-order valence-corrected chi connectivity index (χ0v) is 22.6. The van der Waals surface area contributed by atoms with Crippen molar-refractivity contribution >= 4 is 39.3 Å². The van der Waals surface area contributed by atoms with E-state index < -0.39 is 10.0 Å². The molecule has 3 aromatic rings. The molecule has 204 valence electrons. The number of aromatic nitrogens is 1. The first-order valence-electron chi connectivity index (χ1n) is 13.8. The van der Waals surface area contributed by atoms with Crippen LogP contribution in [0.2, 0.25) is 0 Å². The summed E-state index contributed by atoms with van der Waals surface area (Å²) in [5.74, 6) is 0.838. The Balaban J connectivity index is 1.13. The largest absolute Gasteiger partial charge is 0.377 e. The number of hydrogen-bond donors (Lipinski definition) is 1. The van der Waals surface area contributed by atoms with Gasteiger partial charge in [-0.3, -0.25) is 9.59 Å². The molecular formula is C30H33N3O5S. The Morgan fingerprint density at radius 3 is 2.51 bits per heavy atom. The minimum Gasteiger partial charge on any atom is -0.377 e. The van der Waals surface area contributed by atoms with Gasteiger partial charge in [0.25, 0.3) is 10.0 Å². The molecule has 8 nitrogen and oxygen atoms in total. The van der Waals surface area contributed by atoms with E-state index in [0.717, 1.165) is 37.5 Å². The van der Waals surface area contributed by atoms with Crippen molar-refractivity contribution < 1.29 is 22.7 Å². The fraction of sp³-hybridized carbons (Fsp3) is 0.433. The van der Waals surface area contributed by atoms with E-state index in [2.05, 4.69) is 14.3 Å². The van der Waals surface area contributed by atoms with Crippen LogP contribution in [0.25, 0.3) is 22.2 Å². The molecule has 9 heteroatoms. The summed E-state index contributed by atoms with van der Waals surface area (Å²) in [6.45, 7) is 1.92. The van der Waals surface area contributed by atoms with Gasteiger partial charge >= 0.3 is 0 Å². The van der Waals surface area contributed by atoms with E-state index in [1.807, 2.05) is 30.3 Å². The number of fused-ring (bicyclic) bond motifs is 1. The zero-order valence-electron chi connectivity index (χ0n) is 21.8. The summed E-state index contributed by atoms with van der Waals surface area (Å²) in [4.78, 5) is 30.5. The third-order valence-corrected chi connectivity index (χ3v) is 9.68. The molecule has 1 atom stereocenters. The molecule has 1 amide bonds. The lowest BCUT2D eigenvalue weighted by atomic mass is 9.81. The van der Waals surface area contributed by atoms with E-state index in [-0.39, 0.29) is 28.7 Å². The molecule has 2 aromatic carbocycles. The minimum atomic E-state index is -3.91. The van der Waals surface area contributed by atoms with Gasteiger partial charge in [-0.15, -0.1) is 0 Å². The number of benzene rings is 2. The Kier molecular flexibility index (Phi) is 7.12. The van der Waals surface area contributed by atoms with Gasteiger partial charge < -0.3 is 14.6 Å². The predicted octanol–water partition coefficient (Wildman–Crippen LogP) is 4.85. The maximum atomic E-state index is 13.3. The van der Waals surface area contributed by atoms with Crippen molar-refractivity contribution in [1.29, 1.82) is 0 Å². The van der Waals surface area contributed by atoms with Crippen LogP contribution in [0.15, 0.2) is 57.8 Å². The third kappa shape index (κ3) is 5.30. The summed E-state index contributed by atoms with van der Waals surface area (Å²) in [6, 6.07) is 14.4. The minimum absolute atomic E-state index is 0.00767. The van der Waals surface area contributed by atoms with Gasteiger partial charge in [-0.05, 0) is 68.1 Å². The van der Waals surface area contributed by atoms with Gasteiger partial charge in [-0.25, -0.2) is 0 Å². The second kappa shape index (κ2) is 10.7. The number of nitrogens with one attached hydrogen (secondary N) is 1. The van der Waals surface area contributed by atoms with Gasteiger partial charge in [0.2, 0.25) is 5.91 Å². The number of aromatic amines is 1. The first-order valence-corrected chi connectivity index (χ1v) is 15.2. The molecule has 1 N–H and O–H groups in total. The highest BCUT2D eigenvalue weighted by molar-refractivity contribution is 7.90. The van der Waals surface area contributed by atoms with Crippen molar-refractivity contribution in [3.05, 3.63) is 54.1 Å². The van der Waals surface area contributed by atoms with Gasteiger partial charge in [-0.2, -0.15) is 12.8 Å². The van der Waals surface area contributed by atoms with Crippen LogP contribution >= 0.6 is 0 Å². The molecule has 3 aliphatic rings. The van der Waals surface area contributed by atoms with Gasteiger partial charge in [0.05, 0.1) is 29.8 Å². The van der Waals surface area contributed by atoms with Gasteiger partial charge in [0, 0.05) is 35.1 Å². The zero-order chi connectivity index (χ0) is 27.0. The second-order valence-electron chi connectivity index (χ2n) is 11.0. The van der Waals surface area contributed by atoms with Crippen LogP contribution in [0.4, 0.5) is 0 Å². The standard InChI is InChI=1S/C30H33N3O5S/c34-18-26-25-13-12-24(16-27(25)32-29(26)22-4-2-1-3-5-22)39(36,37)31-17-20-6-8-23(9-7-20)30(35)33-14-15-38-19-28(33)21-10-11-21/h1-5,12-13,16-18,20-21,23,28,32H,6-11,14-15,19H2/t20?,23?,28-/m1/s1. The van der Waals surface area contributed by atoms with Crippen LogP contribution < -0.4 is 0 Å². The Hall–Kier alpha value is -3.30. The Morgan fingerprint density at radius 1 is 1.03 bits per heavy atom. The van der Waals surface area contributed by atoms with E-state index in [1.165, 1.54) is 25.0 Å². The van der Waals surface area contributed by atoms with Crippen molar-refractivity contribution in [3.63, 3.8) is 0 Å². The van der Waals surface area contributed by atoms with E-state index in [1.54, 1.807) is 12.3 Å². The second-order valence-corrected chi connectivity index (χ2v) is 12.6. The number of rotatable bonds is 7. The molecule has 6 rings (SSSR count). The summed E-state index contributed by atoms with van der Waals surface area (Å²) in [5.41, 5.74) is 2.57. The Bertz CT molecular complexity index is 1500. The first kappa shape index (κ1) is 26.0. The normalized spacial score (nSPS) is 24.3. The quantitative estimate of drug-likeness (QED) is 0.336. The summed E-state index contributed by atoms with van der Waals surface area (Å²) in [7, 11) is -3.91. The summed E-state index contributed by atoms with van der Waals surface area (Å²) >= 11 is 0. The number of aldehydes is 1. The average Bonchev–Trinajstić information content (AvgIpc) is 3.76. The van der Waals surface area contributed by atoms with Crippen molar-refractivity contribution in [2.45, 2.75) is 49.5 Å². The van der Waals surface area contributed by atoms with E-state index in [4.69, 9.17) is 4.74 Å². The average molecular weight is 548 g/mol. The smallest absolute Gasteiger partial charge is 0.282 e. The molecule has 39 heavy (non-hydrogen) atoms. The molecule has 3 fully saturated rings. The number of amides is 1. The van der Waals surface area contributed by atoms with E-state index >= 15 is 0 Å². The SMILES string of the molecule is O=Cc1c(-c2ccccc2)[nH]c2cc(S(=O)(=O)N=CC3CCC(C(=O)N4CCOC[C@@H]4C4CC4)CC3)ccc12. The van der Waals surface area contributed by atoms with Crippen LogP contribution in [0.3, 0.4) is 0 Å². The number of nitrogens with zero attached hydrogens (tertiary/aromatic N) is 2. The molecule has 0 spiro atoms. The van der Waals surface area contributed by atoms with Crippen LogP contribution in [0.1, 0.15) is 48.9 Å². The number of carbonyl (C=O) groups is 2. The van der Waals surface area contributed by atoms with Crippen molar-refractivity contribution in [2.75, 3.05) is 19.8 Å². The van der Waals surface area contributed by atoms with Gasteiger partial charge in [-0.1, -0.05) is 36.4 Å².